The zero-order chi connectivity index (χ0) is 15.3. The molecule has 1 aromatic heterocycles. The normalized spacial score (nSPS) is 14.7. The number of unbranched alkanes of at least 4 members (excludes halogenated alkanes) is 2. The van der Waals surface area contributed by atoms with E-state index in [1.165, 1.54) is 6.33 Å². The third-order valence-electron chi connectivity index (χ3n) is 3.02. The highest BCUT2D eigenvalue weighted by molar-refractivity contribution is 7.90. The molecule has 2 amide bonds. The van der Waals surface area contributed by atoms with Crippen LogP contribution in [0.25, 0.3) is 0 Å². The second-order valence-corrected chi connectivity index (χ2v) is 6.87. The fourth-order valence-electron chi connectivity index (χ4n) is 1.77. The van der Waals surface area contributed by atoms with Crippen molar-refractivity contribution in [3.63, 3.8) is 0 Å². The number of sulfonamides is 1. The SMILES string of the molecule is CCCCCS(=O)(=O)NC(=O)Nc1ncnc(C2CC2)n1. The summed E-state index contributed by atoms with van der Waals surface area (Å²) in [6.45, 7) is 1.98. The summed E-state index contributed by atoms with van der Waals surface area (Å²) < 4.78 is 25.3. The molecule has 2 N–H and O–H groups in total. The fraction of sp³-hybridized carbons (Fsp3) is 0.667. The van der Waals surface area contributed by atoms with Crippen LogP contribution in [0.3, 0.4) is 0 Å². The number of urea groups is 1. The molecule has 0 spiro atoms. The van der Waals surface area contributed by atoms with E-state index in [1.54, 1.807) is 0 Å². The quantitative estimate of drug-likeness (QED) is 0.735. The number of amides is 2. The van der Waals surface area contributed by atoms with Gasteiger partial charge in [0, 0.05) is 5.92 Å². The lowest BCUT2D eigenvalue weighted by Crippen LogP contribution is -2.36. The van der Waals surface area contributed by atoms with E-state index in [0.29, 0.717) is 18.2 Å². The third kappa shape index (κ3) is 5.25. The van der Waals surface area contributed by atoms with E-state index in [4.69, 9.17) is 0 Å². The van der Waals surface area contributed by atoms with Crippen LogP contribution in [0.2, 0.25) is 0 Å². The van der Waals surface area contributed by atoms with E-state index in [9.17, 15) is 13.2 Å². The van der Waals surface area contributed by atoms with Gasteiger partial charge in [-0.05, 0) is 19.3 Å². The zero-order valence-electron chi connectivity index (χ0n) is 11.9. The van der Waals surface area contributed by atoms with Crippen molar-refractivity contribution >= 4 is 22.0 Å². The second-order valence-electron chi connectivity index (χ2n) is 5.02. The Bertz CT molecular complexity index is 601. The molecular formula is C12H19N5O3S. The number of nitrogens with one attached hydrogen (secondary N) is 2. The van der Waals surface area contributed by atoms with Crippen LogP contribution in [0, 0.1) is 0 Å². The van der Waals surface area contributed by atoms with Gasteiger partial charge in [-0.3, -0.25) is 5.32 Å². The highest BCUT2D eigenvalue weighted by Crippen LogP contribution is 2.37. The standard InChI is InChI=1S/C12H19N5O3S/c1-2-3-4-7-21(19,20)17-12(18)16-11-14-8-13-10(15-11)9-5-6-9/h8-9H,2-7H2,1H3,(H2,13,14,15,16,17,18). The van der Waals surface area contributed by atoms with Crippen molar-refractivity contribution in [3.05, 3.63) is 12.2 Å². The van der Waals surface area contributed by atoms with E-state index in [-0.39, 0.29) is 11.7 Å². The van der Waals surface area contributed by atoms with Gasteiger partial charge in [0.15, 0.2) is 0 Å². The van der Waals surface area contributed by atoms with Crippen LogP contribution in [-0.4, -0.2) is 35.2 Å². The summed E-state index contributed by atoms with van der Waals surface area (Å²) in [7, 11) is -3.62. The Morgan fingerprint density at radius 2 is 2.10 bits per heavy atom. The van der Waals surface area contributed by atoms with Crippen molar-refractivity contribution in [3.8, 4) is 0 Å². The van der Waals surface area contributed by atoms with Crippen molar-refractivity contribution < 1.29 is 13.2 Å². The van der Waals surface area contributed by atoms with Gasteiger partial charge < -0.3 is 0 Å². The fourth-order valence-corrected chi connectivity index (χ4v) is 2.79. The van der Waals surface area contributed by atoms with Crippen LogP contribution in [-0.2, 0) is 10.0 Å². The van der Waals surface area contributed by atoms with Gasteiger partial charge in [-0.1, -0.05) is 19.8 Å². The minimum absolute atomic E-state index is 0.0631. The van der Waals surface area contributed by atoms with Crippen LogP contribution in [0.5, 0.6) is 0 Å². The maximum atomic E-state index is 11.7. The Morgan fingerprint density at radius 3 is 2.76 bits per heavy atom. The highest BCUT2D eigenvalue weighted by Gasteiger charge is 2.27. The largest absolute Gasteiger partial charge is 0.335 e. The minimum Gasteiger partial charge on any atom is -0.275 e. The predicted molar refractivity (Wildman–Crippen MR) is 77.3 cm³/mol. The molecule has 116 valence electrons. The van der Waals surface area contributed by atoms with Gasteiger partial charge in [0.2, 0.25) is 16.0 Å². The molecule has 1 saturated carbocycles. The number of carbonyl (C=O) groups is 1. The maximum absolute atomic E-state index is 11.7. The first kappa shape index (κ1) is 15.6. The monoisotopic (exact) mass is 313 g/mol. The molecule has 0 aliphatic heterocycles. The first-order chi connectivity index (χ1) is 10.00. The molecule has 1 aromatic rings. The lowest BCUT2D eigenvalue weighted by atomic mass is 10.3. The van der Waals surface area contributed by atoms with E-state index >= 15 is 0 Å². The van der Waals surface area contributed by atoms with Gasteiger partial charge in [0.1, 0.15) is 12.2 Å². The molecule has 1 heterocycles. The average Bonchev–Trinajstić information content (AvgIpc) is 3.22. The van der Waals surface area contributed by atoms with Gasteiger partial charge in [0.05, 0.1) is 5.75 Å². The van der Waals surface area contributed by atoms with Gasteiger partial charge in [0.25, 0.3) is 0 Å². The molecule has 0 bridgehead atoms. The van der Waals surface area contributed by atoms with E-state index in [2.05, 4.69) is 20.3 Å². The van der Waals surface area contributed by atoms with Crippen molar-refractivity contribution in [2.24, 2.45) is 0 Å². The Labute approximate surface area is 123 Å². The van der Waals surface area contributed by atoms with Crippen LogP contribution in [0.1, 0.15) is 50.8 Å². The summed E-state index contributed by atoms with van der Waals surface area (Å²) in [5, 5.41) is 2.32. The number of rotatable bonds is 7. The molecule has 1 fully saturated rings. The van der Waals surface area contributed by atoms with Gasteiger partial charge >= 0.3 is 6.03 Å². The van der Waals surface area contributed by atoms with Crippen LogP contribution >= 0.6 is 0 Å². The molecule has 0 unspecified atom stereocenters. The van der Waals surface area contributed by atoms with Gasteiger partial charge in [-0.2, -0.15) is 4.98 Å². The van der Waals surface area contributed by atoms with E-state index in [1.807, 2.05) is 11.6 Å². The first-order valence-electron chi connectivity index (χ1n) is 7.00. The topological polar surface area (TPSA) is 114 Å². The molecule has 0 aromatic carbocycles. The number of hydrogen-bond donors (Lipinski definition) is 2. The van der Waals surface area contributed by atoms with Crippen LogP contribution in [0.15, 0.2) is 6.33 Å². The molecule has 0 saturated heterocycles. The summed E-state index contributed by atoms with van der Waals surface area (Å²) in [4.78, 5) is 23.6. The molecule has 1 aliphatic rings. The maximum Gasteiger partial charge on any atom is 0.335 e. The summed E-state index contributed by atoms with van der Waals surface area (Å²) in [5.41, 5.74) is 0. The highest BCUT2D eigenvalue weighted by atomic mass is 32.2. The molecule has 1 aliphatic carbocycles. The Balaban J connectivity index is 1.87. The Kier molecular flexibility index (Phi) is 5.05. The molecule has 8 nitrogen and oxygen atoms in total. The predicted octanol–water partition coefficient (Wildman–Crippen LogP) is 1.39. The van der Waals surface area contributed by atoms with Crippen molar-refractivity contribution in [1.82, 2.24) is 19.7 Å². The van der Waals surface area contributed by atoms with Gasteiger partial charge in [-0.25, -0.2) is 27.9 Å². The molecule has 2 rings (SSSR count). The Morgan fingerprint density at radius 1 is 1.33 bits per heavy atom. The van der Waals surface area contributed by atoms with Crippen molar-refractivity contribution in [1.29, 1.82) is 0 Å². The smallest absolute Gasteiger partial charge is 0.275 e. The number of carbonyl (C=O) groups excluding carboxylic acids is 1. The minimum atomic E-state index is -3.62. The number of hydrogen-bond acceptors (Lipinski definition) is 6. The van der Waals surface area contributed by atoms with Gasteiger partial charge in [-0.15, -0.1) is 0 Å². The van der Waals surface area contributed by atoms with Crippen LogP contribution < -0.4 is 10.0 Å². The van der Waals surface area contributed by atoms with E-state index in [0.717, 1.165) is 25.7 Å². The average molecular weight is 313 g/mol. The molecular weight excluding hydrogens is 294 g/mol. The molecule has 0 atom stereocenters. The zero-order valence-corrected chi connectivity index (χ0v) is 12.7. The summed E-state index contributed by atoms with van der Waals surface area (Å²) >= 11 is 0. The summed E-state index contributed by atoms with van der Waals surface area (Å²) in [6.07, 6.45) is 5.61. The summed E-state index contributed by atoms with van der Waals surface area (Å²) in [5.74, 6) is 0.951. The van der Waals surface area contributed by atoms with Crippen LogP contribution in [0.4, 0.5) is 10.7 Å². The lowest BCUT2D eigenvalue weighted by Gasteiger charge is -2.07. The molecule has 9 heteroatoms. The van der Waals surface area contributed by atoms with E-state index < -0.39 is 16.1 Å². The molecule has 21 heavy (non-hydrogen) atoms. The summed E-state index contributed by atoms with van der Waals surface area (Å²) in [6, 6.07) is -0.848. The number of aromatic nitrogens is 3. The Hall–Kier alpha value is -1.77. The number of anilines is 1. The van der Waals surface area contributed by atoms with Crippen molar-refractivity contribution in [2.75, 3.05) is 11.1 Å². The lowest BCUT2D eigenvalue weighted by molar-refractivity contribution is 0.256. The second kappa shape index (κ2) is 6.79. The van der Waals surface area contributed by atoms with Crippen molar-refractivity contribution in [2.45, 2.75) is 44.9 Å². The molecule has 0 radical (unpaired) electrons. The third-order valence-corrected chi connectivity index (χ3v) is 4.35. The first-order valence-corrected chi connectivity index (χ1v) is 8.66. The number of nitrogens with zero attached hydrogens (tertiary/aromatic N) is 3.